The van der Waals surface area contributed by atoms with Gasteiger partial charge < -0.3 is 20.2 Å². The number of Topliss-reactive ketones (excluding diaryl/α,β-unsaturated/α-hetero) is 1. The second kappa shape index (κ2) is 9.50. The molecule has 3 N–H and O–H groups in total. The number of carbonyl (C=O) groups is 1. The first kappa shape index (κ1) is 21.4. The molecule has 1 heterocycles. The van der Waals surface area contributed by atoms with Crippen molar-refractivity contribution in [3.8, 4) is 5.88 Å². The van der Waals surface area contributed by atoms with Gasteiger partial charge in [-0.25, -0.2) is 14.3 Å². The molecular formula is C9H12N2NaO9P. The third kappa shape index (κ3) is 8.13. The first-order valence-electron chi connectivity index (χ1n) is 5.44. The fourth-order valence-electron chi connectivity index (χ4n) is 1.12. The van der Waals surface area contributed by atoms with Crippen molar-refractivity contribution in [2.45, 2.75) is 12.8 Å². The molecule has 0 spiro atoms. The van der Waals surface area contributed by atoms with Crippen LogP contribution in [-0.4, -0.2) is 49.9 Å². The molecule has 1 rings (SSSR count). The Bertz CT molecular complexity index is 605. The van der Waals surface area contributed by atoms with E-state index in [4.69, 9.17) is 15.1 Å². The van der Waals surface area contributed by atoms with E-state index in [0.717, 1.165) is 16.8 Å². The molecule has 0 aromatic carbocycles. The van der Waals surface area contributed by atoms with Gasteiger partial charge in [0.15, 0.2) is 12.1 Å². The maximum atomic E-state index is 11.5. The summed E-state index contributed by atoms with van der Waals surface area (Å²) < 4.78 is 20.5. The predicted octanol–water partition coefficient (Wildman–Crippen LogP) is -5.67. The first-order chi connectivity index (χ1) is 9.69. The van der Waals surface area contributed by atoms with Crippen molar-refractivity contribution in [1.29, 1.82) is 0 Å². The minimum absolute atomic E-state index is 0. The van der Waals surface area contributed by atoms with Crippen molar-refractivity contribution in [3.63, 3.8) is 0 Å². The monoisotopic (exact) mass is 346 g/mol. The first-order valence-corrected chi connectivity index (χ1v) is 6.93. The van der Waals surface area contributed by atoms with E-state index < -0.39 is 51.2 Å². The van der Waals surface area contributed by atoms with Crippen LogP contribution >= 0.6 is 7.82 Å². The van der Waals surface area contributed by atoms with E-state index in [-0.39, 0.29) is 29.6 Å². The number of phosphoric acid groups is 1. The molecule has 118 valence electrons. The van der Waals surface area contributed by atoms with Gasteiger partial charge in [0.1, 0.15) is 13.2 Å². The van der Waals surface area contributed by atoms with Gasteiger partial charge in [0.05, 0.1) is 6.54 Å². The maximum absolute atomic E-state index is 11.5. The van der Waals surface area contributed by atoms with Gasteiger partial charge in [0, 0.05) is 6.20 Å². The topological polar surface area (TPSA) is 171 Å². The Hall–Kier alpha value is -0.620. The Morgan fingerprint density at radius 1 is 1.45 bits per heavy atom. The Morgan fingerprint density at radius 2 is 2.09 bits per heavy atom. The smallest absolute Gasteiger partial charge is 0.858 e. The van der Waals surface area contributed by atoms with Crippen LogP contribution in [0.15, 0.2) is 17.1 Å². The molecule has 0 aliphatic rings. The summed E-state index contributed by atoms with van der Waals surface area (Å²) in [4.78, 5) is 34.8. The zero-order valence-electron chi connectivity index (χ0n) is 11.5. The van der Waals surface area contributed by atoms with Crippen molar-refractivity contribution in [1.82, 2.24) is 9.55 Å². The SMILES string of the molecule is O=C(COP(=O)(O)OCC(O)O)Cn1ccc([O-])nc1=O.[Na+]. The Balaban J connectivity index is 0.00000441. The van der Waals surface area contributed by atoms with Gasteiger partial charge in [0.2, 0.25) is 0 Å². The number of carbonyl (C=O) groups excluding carboxylic acids is 1. The Morgan fingerprint density at radius 3 is 2.64 bits per heavy atom. The second-order valence-electron chi connectivity index (χ2n) is 3.73. The van der Waals surface area contributed by atoms with Crippen LogP contribution in [0.5, 0.6) is 5.88 Å². The molecule has 0 radical (unpaired) electrons. The molecule has 1 aromatic rings. The average molecular weight is 346 g/mol. The predicted molar refractivity (Wildman–Crippen MR) is 62.9 cm³/mol. The standard InChI is InChI=1S/C9H13N2O9P.Na/c12-6(3-11-2-1-7(13)10-9(11)16)4-19-21(17,18)20-5-8(14)15;/h1-2,8,14-15H,3-5H2,(H,17,18)(H,10,13,16);/q;+1/p-1. The van der Waals surface area contributed by atoms with Crippen LogP contribution in [0.25, 0.3) is 0 Å². The number of ketones is 1. The third-order valence-corrected chi connectivity index (χ3v) is 2.90. The van der Waals surface area contributed by atoms with E-state index in [2.05, 4.69) is 14.0 Å². The van der Waals surface area contributed by atoms with E-state index in [1.807, 2.05) is 0 Å². The summed E-state index contributed by atoms with van der Waals surface area (Å²) in [6.45, 7) is -2.26. The summed E-state index contributed by atoms with van der Waals surface area (Å²) in [5.41, 5.74) is -0.942. The summed E-state index contributed by atoms with van der Waals surface area (Å²) >= 11 is 0. The summed E-state index contributed by atoms with van der Waals surface area (Å²) in [5, 5.41) is 27.6. The van der Waals surface area contributed by atoms with Gasteiger partial charge in [-0.05, 0) is 11.9 Å². The number of hydrogen-bond donors (Lipinski definition) is 3. The van der Waals surface area contributed by atoms with Gasteiger partial charge in [-0.2, -0.15) is 0 Å². The maximum Gasteiger partial charge on any atom is 1.00 e. The number of aliphatic hydroxyl groups excluding tert-OH is 1. The molecule has 0 fully saturated rings. The zero-order chi connectivity index (χ0) is 16.0. The number of hydrogen-bond acceptors (Lipinski definition) is 9. The summed E-state index contributed by atoms with van der Waals surface area (Å²) in [6, 6.07) is 0.970. The molecule has 0 bridgehead atoms. The van der Waals surface area contributed by atoms with Crippen molar-refractivity contribution in [2.75, 3.05) is 13.2 Å². The quantitative estimate of drug-likeness (QED) is 0.234. The molecule has 13 heteroatoms. The molecule has 0 saturated heterocycles. The molecule has 11 nitrogen and oxygen atoms in total. The van der Waals surface area contributed by atoms with Crippen LogP contribution in [0.3, 0.4) is 0 Å². The van der Waals surface area contributed by atoms with E-state index in [1.165, 1.54) is 0 Å². The molecule has 1 aromatic heterocycles. The molecule has 0 aliphatic carbocycles. The van der Waals surface area contributed by atoms with Gasteiger partial charge in [-0.1, -0.05) is 0 Å². The summed E-state index contributed by atoms with van der Waals surface area (Å²) in [6.07, 6.45) is -0.924. The minimum atomic E-state index is -4.62. The molecule has 0 aliphatic heterocycles. The molecule has 1 atom stereocenters. The third-order valence-electron chi connectivity index (χ3n) is 1.97. The Kier molecular flexibility index (Phi) is 9.24. The average Bonchev–Trinajstić information content (AvgIpc) is 2.38. The van der Waals surface area contributed by atoms with Crippen LogP contribution in [0, 0.1) is 0 Å². The normalized spacial score (nSPS) is 13.5. The molecule has 0 saturated carbocycles. The number of phosphoric ester groups is 1. The van der Waals surface area contributed by atoms with E-state index in [0.29, 0.717) is 0 Å². The van der Waals surface area contributed by atoms with Crippen LogP contribution < -0.4 is 40.4 Å². The number of aliphatic hydroxyl groups is 2. The second-order valence-corrected chi connectivity index (χ2v) is 5.19. The number of nitrogens with zero attached hydrogens (tertiary/aromatic N) is 2. The van der Waals surface area contributed by atoms with E-state index >= 15 is 0 Å². The van der Waals surface area contributed by atoms with Gasteiger partial charge in [-0.15, -0.1) is 0 Å². The van der Waals surface area contributed by atoms with Crippen LogP contribution in [0.2, 0.25) is 0 Å². The molecular weight excluding hydrogens is 334 g/mol. The van der Waals surface area contributed by atoms with Crippen LogP contribution in [0.4, 0.5) is 0 Å². The summed E-state index contributed by atoms with van der Waals surface area (Å²) in [5.74, 6) is -1.52. The van der Waals surface area contributed by atoms with Crippen LogP contribution in [-0.2, 0) is 25.0 Å². The van der Waals surface area contributed by atoms with Crippen molar-refractivity contribution < 1.29 is 68.2 Å². The molecule has 0 amide bonds. The fraction of sp³-hybridized carbons (Fsp3) is 0.444. The van der Waals surface area contributed by atoms with Gasteiger partial charge in [-0.3, -0.25) is 18.4 Å². The van der Waals surface area contributed by atoms with Gasteiger partial charge >= 0.3 is 43.1 Å². The van der Waals surface area contributed by atoms with Crippen molar-refractivity contribution >= 4 is 13.6 Å². The fourth-order valence-corrected chi connectivity index (χ4v) is 1.82. The van der Waals surface area contributed by atoms with Gasteiger partial charge in [0.25, 0.3) is 0 Å². The van der Waals surface area contributed by atoms with E-state index in [9.17, 15) is 19.3 Å². The largest absolute Gasteiger partial charge is 1.00 e. The van der Waals surface area contributed by atoms with Crippen LogP contribution in [0.1, 0.15) is 0 Å². The van der Waals surface area contributed by atoms with E-state index in [1.54, 1.807) is 0 Å². The molecule has 22 heavy (non-hydrogen) atoms. The Labute approximate surface area is 146 Å². The van der Waals surface area contributed by atoms with Crippen molar-refractivity contribution in [2.24, 2.45) is 0 Å². The number of rotatable bonds is 8. The molecule has 1 unspecified atom stereocenters. The van der Waals surface area contributed by atoms with Crippen molar-refractivity contribution in [3.05, 3.63) is 22.7 Å². The zero-order valence-corrected chi connectivity index (χ0v) is 14.4. The minimum Gasteiger partial charge on any atom is -0.858 e. The number of aromatic nitrogens is 2. The summed E-state index contributed by atoms with van der Waals surface area (Å²) in [7, 11) is -4.62.